The lowest BCUT2D eigenvalue weighted by molar-refractivity contribution is 0.0181. The van der Waals surface area contributed by atoms with Crippen LogP contribution in [0, 0.1) is 6.92 Å². The average Bonchev–Trinajstić information content (AvgIpc) is 2.98. The lowest BCUT2D eigenvalue weighted by Gasteiger charge is -2.13. The molecule has 2 atom stereocenters. The number of nitrogens with zero attached hydrogens (tertiary/aromatic N) is 1. The van der Waals surface area contributed by atoms with E-state index in [2.05, 4.69) is 4.98 Å². The number of aromatic nitrogens is 2. The van der Waals surface area contributed by atoms with E-state index in [4.69, 9.17) is 9.47 Å². The third-order valence-electron chi connectivity index (χ3n) is 3.72. The van der Waals surface area contributed by atoms with Gasteiger partial charge in [0.15, 0.2) is 0 Å². The summed E-state index contributed by atoms with van der Waals surface area (Å²) in [6.45, 7) is 2.61. The lowest BCUT2D eigenvalue weighted by Crippen LogP contribution is -2.33. The van der Waals surface area contributed by atoms with Crippen molar-refractivity contribution >= 4 is 0 Å². The van der Waals surface area contributed by atoms with Crippen LogP contribution in [-0.4, -0.2) is 22.3 Å². The Morgan fingerprint density at radius 1 is 1.32 bits per heavy atom. The van der Waals surface area contributed by atoms with Crippen molar-refractivity contribution in [3.63, 3.8) is 0 Å². The zero-order valence-electron chi connectivity index (χ0n) is 12.3. The molecule has 1 N–H and O–H groups in total. The molecule has 0 amide bonds. The summed E-state index contributed by atoms with van der Waals surface area (Å²) < 4.78 is 12.9. The summed E-state index contributed by atoms with van der Waals surface area (Å²) in [6, 6.07) is 9.90. The van der Waals surface area contributed by atoms with Gasteiger partial charge in [-0.05, 0) is 12.5 Å². The number of hydrogen-bond acceptors (Lipinski definition) is 4. The number of benzene rings is 1. The van der Waals surface area contributed by atoms with Gasteiger partial charge in [0.25, 0.3) is 5.56 Å². The molecule has 0 saturated carbocycles. The fourth-order valence-corrected chi connectivity index (χ4v) is 2.48. The molecule has 1 aliphatic rings. The van der Waals surface area contributed by atoms with E-state index < -0.39 is 11.9 Å². The van der Waals surface area contributed by atoms with Gasteiger partial charge in [-0.25, -0.2) is 4.79 Å². The van der Waals surface area contributed by atoms with Crippen LogP contribution in [0.2, 0.25) is 0 Å². The Balaban J connectivity index is 1.64. The molecule has 0 unspecified atom stereocenters. The molecular weight excluding hydrogens is 284 g/mol. The van der Waals surface area contributed by atoms with Crippen molar-refractivity contribution in [1.29, 1.82) is 0 Å². The van der Waals surface area contributed by atoms with Gasteiger partial charge in [-0.15, -0.1) is 0 Å². The largest absolute Gasteiger partial charge is 0.371 e. The van der Waals surface area contributed by atoms with E-state index >= 15 is 0 Å². The van der Waals surface area contributed by atoms with Gasteiger partial charge in [-0.1, -0.05) is 30.3 Å². The first-order valence-electron chi connectivity index (χ1n) is 7.22. The molecule has 6 nitrogen and oxygen atoms in total. The van der Waals surface area contributed by atoms with E-state index in [-0.39, 0.29) is 11.7 Å². The van der Waals surface area contributed by atoms with Gasteiger partial charge in [0, 0.05) is 18.2 Å². The summed E-state index contributed by atoms with van der Waals surface area (Å²) in [5, 5.41) is 0. The van der Waals surface area contributed by atoms with Crippen molar-refractivity contribution < 1.29 is 9.47 Å². The molecule has 1 aromatic heterocycles. The van der Waals surface area contributed by atoms with Crippen molar-refractivity contribution in [2.24, 2.45) is 0 Å². The standard InChI is InChI=1S/C16H18N2O4/c1-11-8-18(16(20)17-15(11)19)14-7-13(10-22-14)21-9-12-5-3-2-4-6-12/h2-6,8,13-14H,7,9-10H2,1H3,(H,17,19,20)/t13-,14-/m1/s1. The second-order valence-electron chi connectivity index (χ2n) is 5.42. The smallest absolute Gasteiger partial charge is 0.330 e. The normalized spacial score (nSPS) is 21.1. The first kappa shape index (κ1) is 14.7. The minimum absolute atomic E-state index is 0.0654. The van der Waals surface area contributed by atoms with Crippen LogP contribution in [0.1, 0.15) is 23.8 Å². The maximum atomic E-state index is 11.9. The molecule has 0 bridgehead atoms. The van der Waals surface area contributed by atoms with E-state index in [0.717, 1.165) is 5.56 Å². The predicted octanol–water partition coefficient (Wildman–Crippen LogP) is 1.35. The van der Waals surface area contributed by atoms with Gasteiger partial charge >= 0.3 is 5.69 Å². The lowest BCUT2D eigenvalue weighted by atomic mass is 10.2. The van der Waals surface area contributed by atoms with Gasteiger partial charge in [0.05, 0.1) is 19.3 Å². The molecule has 0 radical (unpaired) electrons. The van der Waals surface area contributed by atoms with Gasteiger partial charge in [-0.3, -0.25) is 14.3 Å². The van der Waals surface area contributed by atoms with Gasteiger partial charge < -0.3 is 9.47 Å². The van der Waals surface area contributed by atoms with Crippen molar-refractivity contribution in [3.05, 3.63) is 68.5 Å². The third-order valence-corrected chi connectivity index (χ3v) is 3.72. The van der Waals surface area contributed by atoms with Crippen molar-refractivity contribution in [2.75, 3.05) is 6.61 Å². The molecule has 1 saturated heterocycles. The summed E-state index contributed by atoms with van der Waals surface area (Å²) in [5.74, 6) is 0. The highest BCUT2D eigenvalue weighted by Gasteiger charge is 2.28. The Labute approximate surface area is 127 Å². The van der Waals surface area contributed by atoms with Crippen LogP contribution in [0.4, 0.5) is 0 Å². The van der Waals surface area contributed by atoms with Crippen molar-refractivity contribution in [3.8, 4) is 0 Å². The van der Waals surface area contributed by atoms with E-state index in [1.54, 1.807) is 6.92 Å². The summed E-state index contributed by atoms with van der Waals surface area (Å²) in [4.78, 5) is 25.5. The van der Waals surface area contributed by atoms with Crippen molar-refractivity contribution in [1.82, 2.24) is 9.55 Å². The number of aryl methyl sites for hydroxylation is 1. The van der Waals surface area contributed by atoms with Gasteiger partial charge in [-0.2, -0.15) is 0 Å². The van der Waals surface area contributed by atoms with E-state index in [9.17, 15) is 9.59 Å². The monoisotopic (exact) mass is 302 g/mol. The summed E-state index contributed by atoms with van der Waals surface area (Å²) >= 11 is 0. The first-order chi connectivity index (χ1) is 10.6. The summed E-state index contributed by atoms with van der Waals surface area (Å²) in [6.07, 6.45) is 1.65. The number of hydrogen-bond donors (Lipinski definition) is 1. The average molecular weight is 302 g/mol. The Morgan fingerprint density at radius 3 is 2.86 bits per heavy atom. The highest BCUT2D eigenvalue weighted by atomic mass is 16.6. The topological polar surface area (TPSA) is 73.3 Å². The van der Waals surface area contributed by atoms with Crippen LogP contribution < -0.4 is 11.2 Å². The van der Waals surface area contributed by atoms with Gasteiger partial charge in [0.2, 0.25) is 0 Å². The number of aromatic amines is 1. The highest BCUT2D eigenvalue weighted by Crippen LogP contribution is 2.24. The summed E-state index contributed by atoms with van der Waals surface area (Å²) in [7, 11) is 0. The van der Waals surface area contributed by atoms with Crippen LogP contribution in [0.5, 0.6) is 0 Å². The quantitative estimate of drug-likeness (QED) is 0.925. The molecule has 22 heavy (non-hydrogen) atoms. The second kappa shape index (κ2) is 6.29. The molecule has 2 heterocycles. The highest BCUT2D eigenvalue weighted by molar-refractivity contribution is 5.13. The van der Waals surface area contributed by atoms with Crippen LogP contribution in [0.3, 0.4) is 0 Å². The van der Waals surface area contributed by atoms with Crippen LogP contribution in [-0.2, 0) is 16.1 Å². The number of ether oxygens (including phenoxy) is 2. The number of nitrogens with one attached hydrogen (secondary N) is 1. The van der Waals surface area contributed by atoms with Crippen molar-refractivity contribution in [2.45, 2.75) is 32.3 Å². The molecule has 0 aliphatic carbocycles. The first-order valence-corrected chi connectivity index (χ1v) is 7.22. The van der Waals surface area contributed by atoms with Crippen LogP contribution in [0.25, 0.3) is 0 Å². The molecule has 2 aromatic rings. The molecule has 6 heteroatoms. The van der Waals surface area contributed by atoms with Gasteiger partial charge in [0.1, 0.15) is 6.23 Å². The zero-order chi connectivity index (χ0) is 15.5. The Hall–Kier alpha value is -2.18. The molecule has 1 aliphatic heterocycles. The van der Waals surface area contributed by atoms with E-state index in [1.165, 1.54) is 10.8 Å². The number of rotatable bonds is 4. The fourth-order valence-electron chi connectivity index (χ4n) is 2.48. The maximum absolute atomic E-state index is 11.9. The fraction of sp³-hybridized carbons (Fsp3) is 0.375. The maximum Gasteiger partial charge on any atom is 0.330 e. The molecule has 0 spiro atoms. The molecule has 116 valence electrons. The molecule has 3 rings (SSSR count). The Morgan fingerprint density at radius 2 is 2.09 bits per heavy atom. The summed E-state index contributed by atoms with van der Waals surface area (Å²) in [5.41, 5.74) is 0.764. The zero-order valence-corrected chi connectivity index (χ0v) is 12.3. The second-order valence-corrected chi connectivity index (χ2v) is 5.42. The Kier molecular flexibility index (Phi) is 4.22. The third kappa shape index (κ3) is 3.18. The molecular formula is C16H18N2O4. The van der Waals surface area contributed by atoms with E-state index in [1.807, 2.05) is 30.3 Å². The Bertz CT molecular complexity index is 751. The molecule has 1 fully saturated rings. The SMILES string of the molecule is Cc1cn([C@H]2C[C@@H](OCc3ccccc3)CO2)c(=O)[nH]c1=O. The molecule has 1 aromatic carbocycles. The van der Waals surface area contributed by atoms with Crippen LogP contribution >= 0.6 is 0 Å². The minimum atomic E-state index is -0.454. The number of H-pyrrole nitrogens is 1. The predicted molar refractivity (Wildman–Crippen MR) is 80.7 cm³/mol. The van der Waals surface area contributed by atoms with Crippen LogP contribution in [0.15, 0.2) is 46.1 Å². The minimum Gasteiger partial charge on any atom is -0.371 e. The van der Waals surface area contributed by atoms with E-state index in [0.29, 0.717) is 25.2 Å².